The Balaban J connectivity index is 1.42. The van der Waals surface area contributed by atoms with Crippen LogP contribution in [-0.2, 0) is 26.0 Å². The second-order valence-electron chi connectivity index (χ2n) is 8.37. The van der Waals surface area contributed by atoms with Crippen LogP contribution in [0.1, 0.15) is 56.9 Å². The maximum absolute atomic E-state index is 12.5. The van der Waals surface area contributed by atoms with E-state index in [1.807, 2.05) is 30.3 Å². The summed E-state index contributed by atoms with van der Waals surface area (Å²) in [7, 11) is -3.31. The number of aliphatic carboxylic acids is 1. The number of aryl methyl sites for hydroxylation is 1. The molecule has 3 rings (SSSR count). The normalized spacial score (nSPS) is 26.1. The molecule has 29 heavy (non-hydrogen) atoms. The molecule has 0 aromatic heterocycles. The van der Waals surface area contributed by atoms with E-state index in [-0.39, 0.29) is 30.3 Å². The molecule has 6 nitrogen and oxygen atoms in total. The van der Waals surface area contributed by atoms with Gasteiger partial charge in [-0.15, -0.1) is 0 Å². The minimum atomic E-state index is -3.31. The number of carboxylic acid groups (broad SMARTS) is 1. The van der Waals surface area contributed by atoms with Crippen LogP contribution < -0.4 is 4.72 Å². The molecule has 0 amide bonds. The van der Waals surface area contributed by atoms with Gasteiger partial charge in [-0.1, -0.05) is 49.6 Å². The monoisotopic (exact) mass is 423 g/mol. The van der Waals surface area contributed by atoms with Gasteiger partial charge in [-0.2, -0.15) is 0 Å². The summed E-state index contributed by atoms with van der Waals surface area (Å²) in [5.41, 5.74) is 1.03. The molecule has 2 aliphatic rings. The highest BCUT2D eigenvalue weighted by Crippen LogP contribution is 2.45. The Morgan fingerprint density at radius 2 is 1.72 bits per heavy atom. The molecular weight excluding hydrogens is 390 g/mol. The number of benzene rings is 1. The lowest BCUT2D eigenvalue weighted by Gasteiger charge is -2.28. The summed E-state index contributed by atoms with van der Waals surface area (Å²) >= 11 is 0. The van der Waals surface area contributed by atoms with E-state index in [4.69, 9.17) is 9.84 Å². The Kier molecular flexibility index (Phi) is 8.09. The second-order valence-corrected chi connectivity index (χ2v) is 10.3. The molecule has 0 aliphatic carbocycles. The van der Waals surface area contributed by atoms with E-state index in [2.05, 4.69) is 4.72 Å². The van der Waals surface area contributed by atoms with Crippen LogP contribution >= 0.6 is 0 Å². The van der Waals surface area contributed by atoms with Crippen LogP contribution in [0.15, 0.2) is 30.3 Å². The van der Waals surface area contributed by atoms with Crippen LogP contribution in [0.3, 0.4) is 0 Å². The molecule has 1 aromatic rings. The van der Waals surface area contributed by atoms with Crippen molar-refractivity contribution in [3.8, 4) is 0 Å². The van der Waals surface area contributed by atoms with E-state index >= 15 is 0 Å². The third kappa shape index (κ3) is 6.79. The van der Waals surface area contributed by atoms with Crippen molar-refractivity contribution in [2.45, 2.75) is 70.0 Å². The van der Waals surface area contributed by atoms with E-state index in [0.717, 1.165) is 50.5 Å². The topological polar surface area (TPSA) is 92.7 Å². The molecular formula is C22H33NO5S. The Labute approximate surface area is 174 Å². The minimum Gasteiger partial charge on any atom is -0.481 e. The van der Waals surface area contributed by atoms with Gasteiger partial charge in [0.1, 0.15) is 0 Å². The van der Waals surface area contributed by atoms with Gasteiger partial charge in [0.25, 0.3) is 0 Å². The molecule has 2 N–H and O–H groups in total. The summed E-state index contributed by atoms with van der Waals surface area (Å²) in [4.78, 5) is 10.6. The van der Waals surface area contributed by atoms with Crippen molar-refractivity contribution in [1.29, 1.82) is 0 Å². The van der Waals surface area contributed by atoms with E-state index in [1.54, 1.807) is 0 Å². The molecule has 2 heterocycles. The number of ether oxygens (including phenoxy) is 1. The average molecular weight is 424 g/mol. The lowest BCUT2D eigenvalue weighted by atomic mass is 9.76. The number of rotatable bonds is 13. The van der Waals surface area contributed by atoms with Gasteiger partial charge in [-0.05, 0) is 43.6 Å². The Morgan fingerprint density at radius 3 is 2.45 bits per heavy atom. The second kappa shape index (κ2) is 10.5. The summed E-state index contributed by atoms with van der Waals surface area (Å²) in [5.74, 6) is 0.0304. The van der Waals surface area contributed by atoms with Crippen molar-refractivity contribution in [3.05, 3.63) is 35.9 Å². The van der Waals surface area contributed by atoms with Crippen LogP contribution in [0, 0.1) is 11.8 Å². The zero-order valence-corrected chi connectivity index (χ0v) is 17.8. The molecule has 0 saturated carbocycles. The molecule has 7 heteroatoms. The maximum atomic E-state index is 12.5. The zero-order chi connectivity index (χ0) is 20.7. The first kappa shape index (κ1) is 22.2. The van der Waals surface area contributed by atoms with Crippen LogP contribution in [0.25, 0.3) is 0 Å². The number of hydrogen-bond acceptors (Lipinski definition) is 4. The number of nitrogens with one attached hydrogen (secondary N) is 1. The van der Waals surface area contributed by atoms with Crippen molar-refractivity contribution < 1.29 is 23.1 Å². The largest absolute Gasteiger partial charge is 0.481 e. The predicted molar refractivity (Wildman–Crippen MR) is 112 cm³/mol. The van der Waals surface area contributed by atoms with E-state index in [9.17, 15) is 13.2 Å². The number of unbranched alkanes of at least 4 members (excludes halogenated alkanes) is 3. The summed E-state index contributed by atoms with van der Waals surface area (Å²) in [6, 6.07) is 9.68. The molecule has 0 unspecified atom stereocenters. The summed E-state index contributed by atoms with van der Waals surface area (Å²) in [6.45, 7) is 0.460. The number of fused-ring (bicyclic) bond motifs is 2. The molecule has 1 aromatic carbocycles. The van der Waals surface area contributed by atoms with Crippen molar-refractivity contribution >= 4 is 16.0 Å². The van der Waals surface area contributed by atoms with Gasteiger partial charge in [0.2, 0.25) is 10.0 Å². The molecule has 2 bridgehead atoms. The highest BCUT2D eigenvalue weighted by atomic mass is 32.2. The van der Waals surface area contributed by atoms with Gasteiger partial charge < -0.3 is 9.84 Å². The number of hydrogen-bond donors (Lipinski definition) is 2. The Morgan fingerprint density at radius 1 is 1.03 bits per heavy atom. The molecule has 2 fully saturated rings. The fraction of sp³-hybridized carbons (Fsp3) is 0.682. The highest BCUT2D eigenvalue weighted by Gasteiger charge is 2.48. The molecule has 2 aliphatic heterocycles. The predicted octanol–water partition coefficient (Wildman–Crippen LogP) is 3.37. The van der Waals surface area contributed by atoms with Gasteiger partial charge in [0.15, 0.2) is 0 Å². The number of carboxylic acids is 1. The van der Waals surface area contributed by atoms with Gasteiger partial charge in [-0.25, -0.2) is 13.1 Å². The average Bonchev–Trinajstić information content (AvgIpc) is 3.30. The molecule has 0 spiro atoms. The van der Waals surface area contributed by atoms with Crippen molar-refractivity contribution in [3.63, 3.8) is 0 Å². The summed E-state index contributed by atoms with van der Waals surface area (Å²) in [6.07, 6.45) is 8.06. The highest BCUT2D eigenvalue weighted by molar-refractivity contribution is 7.89. The summed E-state index contributed by atoms with van der Waals surface area (Å²) < 4.78 is 33.8. The lowest BCUT2D eigenvalue weighted by Crippen LogP contribution is -2.39. The molecule has 4 atom stereocenters. The zero-order valence-electron chi connectivity index (χ0n) is 17.0. The number of sulfonamides is 1. The van der Waals surface area contributed by atoms with E-state index in [0.29, 0.717) is 18.9 Å². The van der Waals surface area contributed by atoms with Crippen molar-refractivity contribution in [2.24, 2.45) is 11.8 Å². The third-order valence-electron chi connectivity index (χ3n) is 6.31. The standard InChI is InChI=1S/C22H33NO5S/c24-22(25)11-7-2-1-6-10-18-19(21-13-12-20(18)28-21)16-23-29(26,27)15-14-17-8-4-3-5-9-17/h3-5,8-9,18-21,23H,1-2,6-7,10-16H2,(H,24,25)/t18-,19+,20-,21+/m1/s1. The smallest absolute Gasteiger partial charge is 0.303 e. The lowest BCUT2D eigenvalue weighted by molar-refractivity contribution is -0.137. The van der Waals surface area contributed by atoms with E-state index < -0.39 is 16.0 Å². The van der Waals surface area contributed by atoms with Gasteiger partial charge in [0, 0.05) is 18.9 Å². The van der Waals surface area contributed by atoms with Crippen molar-refractivity contribution in [2.75, 3.05) is 12.3 Å². The van der Waals surface area contributed by atoms with Gasteiger partial charge in [-0.3, -0.25) is 4.79 Å². The Bertz CT molecular complexity index is 752. The van der Waals surface area contributed by atoms with E-state index in [1.165, 1.54) is 0 Å². The first-order chi connectivity index (χ1) is 13.9. The maximum Gasteiger partial charge on any atom is 0.303 e. The fourth-order valence-corrected chi connectivity index (χ4v) is 5.85. The fourth-order valence-electron chi connectivity index (χ4n) is 4.76. The molecule has 162 valence electrons. The first-order valence-corrected chi connectivity index (χ1v) is 12.5. The van der Waals surface area contributed by atoms with Crippen LogP contribution in [0.4, 0.5) is 0 Å². The van der Waals surface area contributed by atoms with Gasteiger partial charge >= 0.3 is 5.97 Å². The minimum absolute atomic E-state index is 0.104. The quantitative estimate of drug-likeness (QED) is 0.475. The van der Waals surface area contributed by atoms with Crippen molar-refractivity contribution in [1.82, 2.24) is 4.72 Å². The molecule has 2 saturated heterocycles. The SMILES string of the molecule is O=C(O)CCCCCC[C@@H]1[C@H](CNS(=O)(=O)CCc2ccccc2)[C@@H]2CC[C@H]1O2. The van der Waals surface area contributed by atoms with Gasteiger partial charge in [0.05, 0.1) is 18.0 Å². The van der Waals surface area contributed by atoms with Crippen LogP contribution in [-0.4, -0.2) is 44.0 Å². The molecule has 0 radical (unpaired) electrons. The summed E-state index contributed by atoms with van der Waals surface area (Å²) in [5, 5.41) is 8.70. The van der Waals surface area contributed by atoms with Crippen LogP contribution in [0.2, 0.25) is 0 Å². The Hall–Kier alpha value is -1.44. The van der Waals surface area contributed by atoms with Crippen LogP contribution in [0.5, 0.6) is 0 Å². The number of carbonyl (C=O) groups is 1. The first-order valence-electron chi connectivity index (χ1n) is 10.8. The third-order valence-corrected chi connectivity index (χ3v) is 7.66.